The molecule has 0 radical (unpaired) electrons. The fraction of sp³-hybridized carbons (Fsp3) is 0.727. The van der Waals surface area contributed by atoms with Crippen LogP contribution >= 0.6 is 0 Å². The van der Waals surface area contributed by atoms with Crippen LogP contribution in [0.5, 0.6) is 0 Å². The van der Waals surface area contributed by atoms with Gasteiger partial charge in [-0.15, -0.1) is 0 Å². The zero-order chi connectivity index (χ0) is 10.5. The quantitative estimate of drug-likeness (QED) is 0.716. The molecule has 0 aliphatic rings. The van der Waals surface area contributed by atoms with E-state index in [-0.39, 0.29) is 11.3 Å². The van der Waals surface area contributed by atoms with E-state index in [2.05, 4.69) is 26.1 Å². The molecule has 0 aromatic heterocycles. The Morgan fingerprint density at radius 2 is 1.92 bits per heavy atom. The van der Waals surface area contributed by atoms with E-state index in [4.69, 9.17) is 0 Å². The molecule has 0 aromatic carbocycles. The molecule has 0 atom stereocenters. The van der Waals surface area contributed by atoms with Gasteiger partial charge >= 0.3 is 0 Å². The molecule has 0 bridgehead atoms. The average molecular weight is 183 g/mol. The molecule has 76 valence electrons. The maximum Gasteiger partial charge on any atom is 0.224 e. The van der Waals surface area contributed by atoms with Crippen molar-refractivity contribution in [3.8, 4) is 0 Å². The molecular weight excluding hydrogens is 162 g/mol. The van der Waals surface area contributed by atoms with Gasteiger partial charge in [-0.3, -0.25) is 4.79 Å². The second-order valence-corrected chi connectivity index (χ2v) is 4.45. The highest BCUT2D eigenvalue weighted by Gasteiger charge is 2.15. The third-order valence-electron chi connectivity index (χ3n) is 1.72. The third-order valence-corrected chi connectivity index (χ3v) is 1.72. The predicted octanol–water partition coefficient (Wildman–Crippen LogP) is 2.85. The monoisotopic (exact) mass is 183 g/mol. The molecule has 2 heteroatoms. The number of hydrogen-bond acceptors (Lipinski definition) is 1. The van der Waals surface area contributed by atoms with Gasteiger partial charge in [-0.1, -0.05) is 33.8 Å². The minimum atomic E-state index is 0.0661. The Bertz CT molecular complexity index is 199. The highest BCUT2D eigenvalue weighted by molar-refractivity contribution is 5.78. The van der Waals surface area contributed by atoms with E-state index in [9.17, 15) is 4.79 Å². The van der Waals surface area contributed by atoms with Crippen molar-refractivity contribution >= 4 is 5.91 Å². The fourth-order valence-electron chi connectivity index (χ4n) is 1.07. The summed E-state index contributed by atoms with van der Waals surface area (Å²) in [5.74, 6) is 0.113. The molecule has 0 heterocycles. The minimum Gasteiger partial charge on any atom is -0.330 e. The molecule has 0 rings (SSSR count). The highest BCUT2D eigenvalue weighted by atomic mass is 16.1. The first-order chi connectivity index (χ1) is 5.89. The van der Waals surface area contributed by atoms with Crippen LogP contribution in [-0.2, 0) is 4.79 Å². The van der Waals surface area contributed by atoms with Gasteiger partial charge in [0, 0.05) is 12.1 Å². The Morgan fingerprint density at radius 1 is 1.38 bits per heavy atom. The Morgan fingerprint density at radius 3 is 2.23 bits per heavy atom. The minimum absolute atomic E-state index is 0.0661. The lowest BCUT2D eigenvalue weighted by molar-refractivity contribution is -0.122. The van der Waals surface area contributed by atoms with E-state index in [0.29, 0.717) is 6.42 Å². The molecule has 1 amide bonds. The Balaban J connectivity index is 4.02. The summed E-state index contributed by atoms with van der Waals surface area (Å²) in [6.07, 6.45) is 3.40. The van der Waals surface area contributed by atoms with Crippen LogP contribution in [-0.4, -0.2) is 5.91 Å². The summed E-state index contributed by atoms with van der Waals surface area (Å²) in [7, 11) is 0. The number of nitrogens with one attached hydrogen (secondary N) is 1. The van der Waals surface area contributed by atoms with Gasteiger partial charge < -0.3 is 5.32 Å². The van der Waals surface area contributed by atoms with Crippen LogP contribution in [0.15, 0.2) is 11.8 Å². The number of carbonyl (C=O) groups excluding carboxylic acids is 1. The average Bonchev–Trinajstić information content (AvgIpc) is 1.96. The lowest BCUT2D eigenvalue weighted by atomic mass is 9.92. The summed E-state index contributed by atoms with van der Waals surface area (Å²) in [5.41, 5.74) is 1.07. The van der Waals surface area contributed by atoms with Crippen molar-refractivity contribution in [1.82, 2.24) is 5.32 Å². The van der Waals surface area contributed by atoms with Gasteiger partial charge in [-0.05, 0) is 18.8 Å². The van der Waals surface area contributed by atoms with Crippen LogP contribution in [0, 0.1) is 5.41 Å². The van der Waals surface area contributed by atoms with Crippen LogP contribution in [0.25, 0.3) is 0 Å². The van der Waals surface area contributed by atoms with E-state index in [0.717, 1.165) is 12.1 Å². The summed E-state index contributed by atoms with van der Waals surface area (Å²) < 4.78 is 0. The van der Waals surface area contributed by atoms with Crippen LogP contribution in [0.3, 0.4) is 0 Å². The first-order valence-electron chi connectivity index (χ1n) is 4.84. The summed E-state index contributed by atoms with van der Waals surface area (Å²) in [5, 5.41) is 2.90. The van der Waals surface area contributed by atoms with Crippen LogP contribution in [0.4, 0.5) is 0 Å². The maximum atomic E-state index is 11.4. The van der Waals surface area contributed by atoms with Gasteiger partial charge in [0.15, 0.2) is 0 Å². The van der Waals surface area contributed by atoms with Crippen molar-refractivity contribution in [2.24, 2.45) is 5.41 Å². The predicted molar refractivity (Wildman–Crippen MR) is 56.3 cm³/mol. The topological polar surface area (TPSA) is 29.1 Å². The van der Waals surface area contributed by atoms with E-state index in [1.807, 2.05) is 19.9 Å². The lowest BCUT2D eigenvalue weighted by Gasteiger charge is -2.17. The first kappa shape index (κ1) is 12.2. The largest absolute Gasteiger partial charge is 0.330 e. The third kappa shape index (κ3) is 6.38. The van der Waals surface area contributed by atoms with Gasteiger partial charge in [0.2, 0.25) is 5.91 Å². The lowest BCUT2D eigenvalue weighted by Crippen LogP contribution is -2.26. The van der Waals surface area contributed by atoms with E-state index in [1.165, 1.54) is 0 Å². The number of carbonyl (C=O) groups is 1. The second kappa shape index (κ2) is 5.05. The smallest absolute Gasteiger partial charge is 0.224 e. The molecular formula is C11H21NO. The van der Waals surface area contributed by atoms with Gasteiger partial charge in [0.05, 0.1) is 0 Å². The molecule has 0 saturated carbocycles. The number of amides is 1. The number of hydrogen-bond donors (Lipinski definition) is 1. The molecule has 2 nitrogen and oxygen atoms in total. The fourth-order valence-corrected chi connectivity index (χ4v) is 1.07. The second-order valence-electron chi connectivity index (χ2n) is 4.45. The van der Waals surface area contributed by atoms with E-state index >= 15 is 0 Å². The molecule has 0 unspecified atom stereocenters. The van der Waals surface area contributed by atoms with E-state index in [1.54, 1.807) is 0 Å². The van der Waals surface area contributed by atoms with Crippen molar-refractivity contribution in [2.45, 2.75) is 47.5 Å². The van der Waals surface area contributed by atoms with Gasteiger partial charge in [0.25, 0.3) is 0 Å². The van der Waals surface area contributed by atoms with E-state index < -0.39 is 0 Å². The molecule has 0 aliphatic heterocycles. The zero-order valence-corrected chi connectivity index (χ0v) is 9.40. The normalized spacial score (nSPS) is 12.8. The Labute approximate surface area is 81.4 Å². The Hall–Kier alpha value is -0.790. The molecule has 0 spiro atoms. The van der Waals surface area contributed by atoms with Crippen molar-refractivity contribution in [1.29, 1.82) is 0 Å². The van der Waals surface area contributed by atoms with Crippen LogP contribution in [0.2, 0.25) is 0 Å². The number of allylic oxidation sites excluding steroid dienone is 2. The first-order valence-corrected chi connectivity index (χ1v) is 4.84. The summed E-state index contributed by atoms with van der Waals surface area (Å²) >= 11 is 0. The van der Waals surface area contributed by atoms with Gasteiger partial charge in [-0.25, -0.2) is 0 Å². The van der Waals surface area contributed by atoms with Crippen molar-refractivity contribution in [3.05, 3.63) is 11.8 Å². The summed E-state index contributed by atoms with van der Waals surface area (Å²) in [6, 6.07) is 0. The van der Waals surface area contributed by atoms with Crippen LogP contribution in [0.1, 0.15) is 47.5 Å². The molecule has 1 N–H and O–H groups in total. The standard InChI is InChI=1S/C11H21NO/c1-6-9(7-2)12-10(13)8-11(3,4)5/h6H,7-8H2,1-5H3,(H,12,13). The van der Waals surface area contributed by atoms with Crippen molar-refractivity contribution in [3.63, 3.8) is 0 Å². The SMILES string of the molecule is CC=C(CC)NC(=O)CC(C)(C)C. The summed E-state index contributed by atoms with van der Waals surface area (Å²) in [6.45, 7) is 10.2. The maximum absolute atomic E-state index is 11.4. The van der Waals surface area contributed by atoms with Gasteiger partial charge in [-0.2, -0.15) is 0 Å². The van der Waals surface area contributed by atoms with Crippen molar-refractivity contribution in [2.75, 3.05) is 0 Å². The van der Waals surface area contributed by atoms with Crippen LogP contribution < -0.4 is 5.32 Å². The molecule has 0 aliphatic carbocycles. The summed E-state index contributed by atoms with van der Waals surface area (Å²) in [4.78, 5) is 11.4. The number of rotatable bonds is 3. The Kier molecular flexibility index (Phi) is 4.74. The highest BCUT2D eigenvalue weighted by Crippen LogP contribution is 2.18. The van der Waals surface area contributed by atoms with Crippen molar-refractivity contribution < 1.29 is 4.79 Å². The molecule has 0 aromatic rings. The zero-order valence-electron chi connectivity index (χ0n) is 9.40. The van der Waals surface area contributed by atoms with Gasteiger partial charge in [0.1, 0.15) is 0 Å². The molecule has 0 fully saturated rings. The molecule has 0 saturated heterocycles. The molecule has 13 heavy (non-hydrogen) atoms.